The van der Waals surface area contributed by atoms with Gasteiger partial charge >= 0.3 is 0 Å². The first-order chi connectivity index (χ1) is 11.2. The van der Waals surface area contributed by atoms with Gasteiger partial charge in [0.25, 0.3) is 0 Å². The zero-order valence-electron chi connectivity index (χ0n) is 14.2. The minimum Gasteiger partial charge on any atom is -0.338 e. The number of thiazole rings is 1. The van der Waals surface area contributed by atoms with E-state index in [-0.39, 0.29) is 6.04 Å². The first-order valence-electron chi connectivity index (χ1n) is 8.35. The van der Waals surface area contributed by atoms with Crippen molar-refractivity contribution in [2.24, 2.45) is 0 Å². The third kappa shape index (κ3) is 4.16. The molecule has 6 nitrogen and oxygen atoms in total. The molecule has 0 aromatic carbocycles. The molecule has 1 fully saturated rings. The summed E-state index contributed by atoms with van der Waals surface area (Å²) in [7, 11) is 0. The fourth-order valence-corrected chi connectivity index (χ4v) is 3.54. The highest BCUT2D eigenvalue weighted by molar-refractivity contribution is 7.09. The lowest BCUT2D eigenvalue weighted by Crippen LogP contribution is -2.46. The van der Waals surface area contributed by atoms with E-state index in [1.165, 1.54) is 5.69 Å². The topological polar surface area (TPSA) is 58.3 Å². The van der Waals surface area contributed by atoms with Crippen LogP contribution in [0.4, 0.5) is 0 Å². The van der Waals surface area contributed by atoms with Gasteiger partial charge < -0.3 is 4.52 Å². The highest BCUT2D eigenvalue weighted by Gasteiger charge is 2.25. The van der Waals surface area contributed by atoms with Crippen molar-refractivity contribution < 1.29 is 4.52 Å². The van der Waals surface area contributed by atoms with Gasteiger partial charge in [-0.25, -0.2) is 4.98 Å². The van der Waals surface area contributed by atoms with Crippen LogP contribution in [-0.2, 0) is 13.0 Å². The smallest absolute Gasteiger partial charge is 0.243 e. The molecule has 0 aliphatic carbocycles. The van der Waals surface area contributed by atoms with Gasteiger partial charge in [0.1, 0.15) is 0 Å². The van der Waals surface area contributed by atoms with Crippen LogP contribution in [0.3, 0.4) is 0 Å². The summed E-state index contributed by atoms with van der Waals surface area (Å²) in [5.41, 5.74) is 1.19. The molecule has 3 heterocycles. The minimum absolute atomic E-state index is 0.191. The van der Waals surface area contributed by atoms with Crippen LogP contribution in [0, 0.1) is 6.92 Å². The Balaban J connectivity index is 1.51. The van der Waals surface area contributed by atoms with Crippen LogP contribution in [0.15, 0.2) is 9.90 Å². The summed E-state index contributed by atoms with van der Waals surface area (Å²) in [5.74, 6) is 1.57. The molecule has 0 amide bonds. The first-order valence-corrected chi connectivity index (χ1v) is 9.23. The summed E-state index contributed by atoms with van der Waals surface area (Å²) in [5, 5.41) is 7.37. The van der Waals surface area contributed by atoms with Gasteiger partial charge in [0.15, 0.2) is 5.82 Å². The molecule has 0 saturated carbocycles. The zero-order chi connectivity index (χ0) is 16.2. The van der Waals surface area contributed by atoms with Crippen molar-refractivity contribution >= 4 is 11.3 Å². The highest BCUT2D eigenvalue weighted by atomic mass is 32.1. The number of rotatable bonds is 6. The summed E-state index contributed by atoms with van der Waals surface area (Å²) < 4.78 is 5.43. The normalized spacial score (nSPS) is 18.4. The fourth-order valence-electron chi connectivity index (χ4n) is 2.94. The Labute approximate surface area is 141 Å². The molecule has 3 rings (SSSR count). The Morgan fingerprint density at radius 2 is 2.04 bits per heavy atom. The van der Waals surface area contributed by atoms with Gasteiger partial charge in [-0.05, 0) is 20.3 Å². The predicted octanol–water partition coefficient (Wildman–Crippen LogP) is 2.67. The van der Waals surface area contributed by atoms with Crippen LogP contribution in [0.5, 0.6) is 0 Å². The molecular formula is C16H25N5OS. The predicted molar refractivity (Wildman–Crippen MR) is 90.4 cm³/mol. The lowest BCUT2D eigenvalue weighted by atomic mass is 10.2. The lowest BCUT2D eigenvalue weighted by Gasteiger charge is -2.36. The Morgan fingerprint density at radius 1 is 1.26 bits per heavy atom. The molecule has 7 heteroatoms. The van der Waals surface area contributed by atoms with Gasteiger partial charge in [-0.1, -0.05) is 12.1 Å². The maximum Gasteiger partial charge on any atom is 0.243 e. The third-order valence-electron chi connectivity index (χ3n) is 4.32. The molecule has 0 bridgehead atoms. The van der Waals surface area contributed by atoms with E-state index < -0.39 is 0 Å². The van der Waals surface area contributed by atoms with E-state index in [0.29, 0.717) is 0 Å². The third-order valence-corrected chi connectivity index (χ3v) is 5.14. The molecule has 0 spiro atoms. The highest BCUT2D eigenvalue weighted by Crippen LogP contribution is 2.21. The van der Waals surface area contributed by atoms with Gasteiger partial charge in [-0.15, -0.1) is 11.3 Å². The van der Waals surface area contributed by atoms with Gasteiger partial charge in [0.05, 0.1) is 16.7 Å². The molecule has 2 aromatic rings. The minimum atomic E-state index is 0.191. The molecule has 1 atom stereocenters. The molecule has 126 valence electrons. The Bertz CT molecular complexity index is 618. The number of hydrogen-bond acceptors (Lipinski definition) is 7. The molecule has 1 aliphatic heterocycles. The summed E-state index contributed by atoms with van der Waals surface area (Å²) in [6, 6.07) is 0.191. The Morgan fingerprint density at radius 3 is 2.70 bits per heavy atom. The van der Waals surface area contributed by atoms with Crippen LogP contribution in [0.1, 0.15) is 48.7 Å². The van der Waals surface area contributed by atoms with E-state index >= 15 is 0 Å². The average molecular weight is 335 g/mol. The average Bonchev–Trinajstić information content (AvgIpc) is 3.17. The van der Waals surface area contributed by atoms with E-state index in [4.69, 9.17) is 4.52 Å². The van der Waals surface area contributed by atoms with Crippen molar-refractivity contribution in [1.29, 1.82) is 0 Å². The summed E-state index contributed by atoms with van der Waals surface area (Å²) in [6.45, 7) is 11.4. The fraction of sp³-hybridized carbons (Fsp3) is 0.688. The number of piperazine rings is 1. The van der Waals surface area contributed by atoms with E-state index in [1.54, 1.807) is 11.3 Å². The van der Waals surface area contributed by atoms with Crippen molar-refractivity contribution in [2.75, 3.05) is 26.2 Å². The molecule has 1 unspecified atom stereocenters. The molecule has 1 saturated heterocycles. The van der Waals surface area contributed by atoms with E-state index in [0.717, 1.165) is 62.3 Å². The van der Waals surface area contributed by atoms with Crippen LogP contribution >= 0.6 is 11.3 Å². The monoisotopic (exact) mass is 335 g/mol. The standard InChI is InChI=1S/C16H25N5OS/c1-4-5-15-18-16(22-19-15)12(2)21-8-6-20(7-9-21)10-14-11-23-13(3)17-14/h11-12H,4-10H2,1-3H3. The van der Waals surface area contributed by atoms with Crippen molar-refractivity contribution in [3.05, 3.63) is 27.8 Å². The van der Waals surface area contributed by atoms with Crippen LogP contribution in [-0.4, -0.2) is 51.1 Å². The van der Waals surface area contributed by atoms with E-state index in [2.05, 4.69) is 51.1 Å². The molecule has 0 N–H and O–H groups in total. The summed E-state index contributed by atoms with van der Waals surface area (Å²) >= 11 is 1.73. The maximum absolute atomic E-state index is 5.43. The number of aromatic nitrogens is 3. The van der Waals surface area contributed by atoms with Gasteiger partial charge in [-0.3, -0.25) is 9.80 Å². The van der Waals surface area contributed by atoms with Gasteiger partial charge in [-0.2, -0.15) is 4.98 Å². The number of aryl methyl sites for hydroxylation is 2. The second kappa shape index (κ2) is 7.51. The van der Waals surface area contributed by atoms with E-state index in [9.17, 15) is 0 Å². The maximum atomic E-state index is 5.43. The SMILES string of the molecule is CCCc1noc(C(C)N2CCN(Cc3csc(C)n3)CC2)n1. The lowest BCUT2D eigenvalue weighted by molar-refractivity contribution is 0.0839. The van der Waals surface area contributed by atoms with Crippen molar-refractivity contribution in [3.8, 4) is 0 Å². The van der Waals surface area contributed by atoms with Crippen molar-refractivity contribution in [2.45, 2.75) is 46.2 Å². The Hall–Kier alpha value is -1.31. The first kappa shape index (κ1) is 16.5. The van der Waals surface area contributed by atoms with E-state index in [1.807, 2.05) is 0 Å². The van der Waals surface area contributed by atoms with Crippen LogP contribution in [0.2, 0.25) is 0 Å². The number of hydrogen-bond donors (Lipinski definition) is 0. The van der Waals surface area contributed by atoms with Gasteiger partial charge in [0.2, 0.25) is 5.89 Å². The summed E-state index contributed by atoms with van der Waals surface area (Å²) in [4.78, 5) is 14.0. The van der Waals surface area contributed by atoms with Crippen molar-refractivity contribution in [1.82, 2.24) is 24.9 Å². The molecule has 2 aromatic heterocycles. The largest absolute Gasteiger partial charge is 0.338 e. The number of nitrogens with zero attached hydrogens (tertiary/aromatic N) is 5. The van der Waals surface area contributed by atoms with Crippen LogP contribution in [0.25, 0.3) is 0 Å². The zero-order valence-corrected chi connectivity index (χ0v) is 15.0. The quantitative estimate of drug-likeness (QED) is 0.809. The molecular weight excluding hydrogens is 310 g/mol. The Kier molecular flexibility index (Phi) is 5.40. The van der Waals surface area contributed by atoms with Crippen molar-refractivity contribution in [3.63, 3.8) is 0 Å². The second-order valence-corrected chi connectivity index (χ2v) is 7.21. The second-order valence-electron chi connectivity index (χ2n) is 6.14. The molecule has 23 heavy (non-hydrogen) atoms. The summed E-state index contributed by atoms with van der Waals surface area (Å²) in [6.07, 6.45) is 1.93. The van der Waals surface area contributed by atoms with Gasteiger partial charge in [0, 0.05) is 44.5 Å². The molecule has 1 aliphatic rings. The molecule has 0 radical (unpaired) electrons. The van der Waals surface area contributed by atoms with Crippen LogP contribution < -0.4 is 0 Å².